The van der Waals surface area contributed by atoms with Crippen molar-refractivity contribution in [2.45, 2.75) is 38.1 Å². The summed E-state index contributed by atoms with van der Waals surface area (Å²) in [7, 11) is -3.60. The number of aryl methyl sites for hydroxylation is 1. The van der Waals surface area contributed by atoms with E-state index < -0.39 is 15.6 Å². The molecular weight excluding hydrogens is 296 g/mol. The number of benzene rings is 2. The third kappa shape index (κ3) is 3.67. The van der Waals surface area contributed by atoms with Gasteiger partial charge >= 0.3 is 0 Å². The summed E-state index contributed by atoms with van der Waals surface area (Å²) in [6, 6.07) is 12.5. The molecule has 0 aliphatic heterocycles. The van der Waals surface area contributed by atoms with Crippen LogP contribution in [0.15, 0.2) is 47.4 Å². The molecular formula is C17H22N2O2S. The summed E-state index contributed by atoms with van der Waals surface area (Å²) in [5, 5.41) is 0. The molecule has 0 saturated carbocycles. The van der Waals surface area contributed by atoms with E-state index >= 15 is 0 Å². The van der Waals surface area contributed by atoms with Gasteiger partial charge < -0.3 is 5.73 Å². The second-order valence-corrected chi connectivity index (χ2v) is 8.07. The molecule has 0 aliphatic carbocycles. The van der Waals surface area contributed by atoms with Crippen molar-refractivity contribution in [2.24, 2.45) is 0 Å². The molecule has 0 aromatic heterocycles. The molecule has 0 spiro atoms. The monoisotopic (exact) mass is 318 g/mol. The van der Waals surface area contributed by atoms with Gasteiger partial charge in [0.1, 0.15) is 0 Å². The molecule has 22 heavy (non-hydrogen) atoms. The summed E-state index contributed by atoms with van der Waals surface area (Å²) >= 11 is 0. The first-order chi connectivity index (χ1) is 10.1. The van der Waals surface area contributed by atoms with Crippen LogP contribution in [-0.4, -0.2) is 14.0 Å². The topological polar surface area (TPSA) is 72.2 Å². The van der Waals surface area contributed by atoms with Crippen LogP contribution < -0.4 is 10.5 Å². The first kappa shape index (κ1) is 16.5. The third-order valence-corrected chi connectivity index (χ3v) is 5.01. The zero-order valence-electron chi connectivity index (χ0n) is 13.3. The highest BCUT2D eigenvalue weighted by Gasteiger charge is 2.24. The highest BCUT2D eigenvalue weighted by molar-refractivity contribution is 7.89. The molecule has 0 amide bonds. The minimum Gasteiger partial charge on any atom is -0.399 e. The summed E-state index contributed by atoms with van der Waals surface area (Å²) in [4.78, 5) is 0.272. The molecule has 4 nitrogen and oxygen atoms in total. The van der Waals surface area contributed by atoms with Crippen LogP contribution in [0.25, 0.3) is 11.1 Å². The number of sulfonamides is 1. The third-order valence-electron chi connectivity index (χ3n) is 3.20. The molecule has 2 aromatic carbocycles. The maximum absolute atomic E-state index is 12.7. The Hall–Kier alpha value is -1.85. The maximum Gasteiger partial charge on any atom is 0.241 e. The fourth-order valence-corrected chi connectivity index (χ4v) is 3.89. The number of nitrogens with one attached hydrogen (secondary N) is 1. The molecule has 3 N–H and O–H groups in total. The summed E-state index contributed by atoms with van der Waals surface area (Å²) in [6.45, 7) is 7.37. The maximum atomic E-state index is 12.7. The first-order valence-electron chi connectivity index (χ1n) is 7.10. The second kappa shape index (κ2) is 5.74. The van der Waals surface area contributed by atoms with Crippen LogP contribution >= 0.6 is 0 Å². The van der Waals surface area contributed by atoms with Crippen LogP contribution in [0, 0.1) is 6.92 Å². The van der Waals surface area contributed by atoms with E-state index in [-0.39, 0.29) is 4.90 Å². The van der Waals surface area contributed by atoms with Crippen LogP contribution in [-0.2, 0) is 10.0 Å². The molecule has 0 atom stereocenters. The lowest BCUT2D eigenvalue weighted by molar-refractivity contribution is 0.491. The van der Waals surface area contributed by atoms with Gasteiger partial charge in [-0.05, 0) is 57.0 Å². The normalized spacial score (nSPS) is 12.4. The Morgan fingerprint density at radius 3 is 2.27 bits per heavy atom. The van der Waals surface area contributed by atoms with Gasteiger partial charge in [0, 0.05) is 16.8 Å². The predicted molar refractivity (Wildman–Crippen MR) is 91.1 cm³/mol. The highest BCUT2D eigenvalue weighted by Crippen LogP contribution is 2.29. The van der Waals surface area contributed by atoms with Crippen molar-refractivity contribution in [3.05, 3.63) is 48.0 Å². The predicted octanol–water partition coefficient (Wildman–Crippen LogP) is 3.32. The lowest BCUT2D eigenvalue weighted by Crippen LogP contribution is -2.40. The minimum absolute atomic E-state index is 0.272. The average Bonchev–Trinajstić information content (AvgIpc) is 2.39. The van der Waals surface area contributed by atoms with Crippen molar-refractivity contribution in [3.8, 4) is 11.1 Å². The lowest BCUT2D eigenvalue weighted by atomic mass is 10.0. The van der Waals surface area contributed by atoms with Crippen LogP contribution in [0.1, 0.15) is 26.3 Å². The van der Waals surface area contributed by atoms with Crippen LogP contribution in [0.4, 0.5) is 5.69 Å². The van der Waals surface area contributed by atoms with Crippen LogP contribution in [0.5, 0.6) is 0 Å². The lowest BCUT2D eigenvalue weighted by Gasteiger charge is -2.21. The summed E-state index contributed by atoms with van der Waals surface area (Å²) in [5.74, 6) is 0. The van der Waals surface area contributed by atoms with E-state index in [0.717, 1.165) is 11.1 Å². The minimum atomic E-state index is -3.60. The number of hydrogen-bond acceptors (Lipinski definition) is 3. The quantitative estimate of drug-likeness (QED) is 0.853. The molecule has 0 fully saturated rings. The Morgan fingerprint density at radius 2 is 1.68 bits per heavy atom. The van der Waals surface area contributed by atoms with Crippen molar-refractivity contribution >= 4 is 15.7 Å². The smallest absolute Gasteiger partial charge is 0.241 e. The van der Waals surface area contributed by atoms with E-state index in [9.17, 15) is 8.42 Å². The van der Waals surface area contributed by atoms with Gasteiger partial charge in [-0.15, -0.1) is 0 Å². The second-order valence-electron chi connectivity index (χ2n) is 6.42. The number of anilines is 1. The largest absolute Gasteiger partial charge is 0.399 e. The number of nitrogens with two attached hydrogens (primary N) is 1. The average molecular weight is 318 g/mol. The van der Waals surface area contributed by atoms with Gasteiger partial charge in [-0.2, -0.15) is 0 Å². The van der Waals surface area contributed by atoms with E-state index in [4.69, 9.17) is 5.73 Å². The zero-order chi connectivity index (χ0) is 16.5. The highest BCUT2D eigenvalue weighted by atomic mass is 32.2. The molecule has 118 valence electrons. The summed E-state index contributed by atoms with van der Waals surface area (Å²) in [5.41, 5.74) is 8.42. The van der Waals surface area contributed by atoms with Gasteiger partial charge in [0.2, 0.25) is 10.0 Å². The van der Waals surface area contributed by atoms with Gasteiger partial charge in [-0.25, -0.2) is 13.1 Å². The molecule has 0 aliphatic rings. The van der Waals surface area contributed by atoms with E-state index in [1.165, 1.54) is 0 Å². The Morgan fingerprint density at radius 1 is 1.05 bits per heavy atom. The Kier molecular flexibility index (Phi) is 4.31. The standard InChI is InChI=1S/C17H22N2O2S/c1-12-11-13(9-10-15(12)18)14-7-5-6-8-16(14)22(20,21)19-17(2,3)4/h5-11,19H,18H2,1-4H3. The molecule has 0 unspecified atom stereocenters. The fourth-order valence-electron chi connectivity index (χ4n) is 2.24. The van der Waals surface area contributed by atoms with Crippen molar-refractivity contribution in [3.63, 3.8) is 0 Å². The number of hydrogen-bond donors (Lipinski definition) is 2. The summed E-state index contributed by atoms with van der Waals surface area (Å²) in [6.07, 6.45) is 0. The van der Waals surface area contributed by atoms with Crippen LogP contribution in [0.3, 0.4) is 0 Å². The fraction of sp³-hybridized carbons (Fsp3) is 0.294. The van der Waals surface area contributed by atoms with E-state index in [1.54, 1.807) is 18.2 Å². The van der Waals surface area contributed by atoms with E-state index in [0.29, 0.717) is 11.3 Å². The molecule has 0 heterocycles. The van der Waals surface area contributed by atoms with Gasteiger partial charge in [-0.3, -0.25) is 0 Å². The van der Waals surface area contributed by atoms with Gasteiger partial charge in [0.25, 0.3) is 0 Å². The summed E-state index contributed by atoms with van der Waals surface area (Å²) < 4.78 is 28.0. The molecule has 0 radical (unpaired) electrons. The van der Waals surface area contributed by atoms with E-state index in [2.05, 4.69) is 4.72 Å². The molecule has 0 bridgehead atoms. The Labute approximate surface area is 132 Å². The Balaban J connectivity index is 2.58. The van der Waals surface area contributed by atoms with Crippen molar-refractivity contribution in [2.75, 3.05) is 5.73 Å². The van der Waals surface area contributed by atoms with Crippen molar-refractivity contribution in [1.82, 2.24) is 4.72 Å². The molecule has 2 aromatic rings. The SMILES string of the molecule is Cc1cc(-c2ccccc2S(=O)(=O)NC(C)(C)C)ccc1N. The van der Waals surface area contributed by atoms with Gasteiger partial charge in [0.15, 0.2) is 0 Å². The Bertz CT molecular complexity index is 791. The zero-order valence-corrected chi connectivity index (χ0v) is 14.2. The number of rotatable bonds is 3. The molecule has 5 heteroatoms. The van der Waals surface area contributed by atoms with Crippen molar-refractivity contribution in [1.29, 1.82) is 0 Å². The molecule has 0 saturated heterocycles. The number of nitrogen functional groups attached to an aromatic ring is 1. The van der Waals surface area contributed by atoms with Crippen molar-refractivity contribution < 1.29 is 8.42 Å². The van der Waals surface area contributed by atoms with Gasteiger partial charge in [0.05, 0.1) is 4.90 Å². The molecule has 2 rings (SSSR count). The first-order valence-corrected chi connectivity index (χ1v) is 8.58. The van der Waals surface area contributed by atoms with Crippen LogP contribution in [0.2, 0.25) is 0 Å². The van der Waals surface area contributed by atoms with Gasteiger partial charge in [-0.1, -0.05) is 24.3 Å². The van der Waals surface area contributed by atoms with E-state index in [1.807, 2.05) is 52.0 Å².